The topological polar surface area (TPSA) is 87.9 Å². The van der Waals surface area contributed by atoms with E-state index in [0.29, 0.717) is 11.0 Å². The van der Waals surface area contributed by atoms with Crippen molar-refractivity contribution in [2.45, 2.75) is 4.90 Å². The third-order valence-electron chi connectivity index (χ3n) is 4.85. The molecule has 0 saturated carbocycles. The van der Waals surface area contributed by atoms with Crippen molar-refractivity contribution < 1.29 is 22.0 Å². The minimum absolute atomic E-state index is 0.00131. The Labute approximate surface area is 166 Å². The van der Waals surface area contributed by atoms with Crippen LogP contribution in [0.1, 0.15) is 10.4 Å². The molecule has 1 saturated heterocycles. The van der Waals surface area contributed by atoms with E-state index < -0.39 is 32.3 Å². The van der Waals surface area contributed by atoms with Crippen LogP contribution in [0, 0.1) is 5.82 Å². The van der Waals surface area contributed by atoms with Crippen molar-refractivity contribution in [2.75, 3.05) is 26.2 Å². The molecular formula is C20H17FN2O5S. The number of amides is 1. The number of para-hydroxylation sites is 1. The van der Waals surface area contributed by atoms with Gasteiger partial charge in [-0.15, -0.1) is 0 Å². The van der Waals surface area contributed by atoms with Crippen molar-refractivity contribution in [1.82, 2.24) is 9.21 Å². The standard InChI is InChI=1S/C20H17FN2O5S/c21-16-6-2-4-8-18(16)29(26,27)23-11-9-22(10-12-23)19(24)15-13-14-5-1-3-7-17(14)28-20(15)25/h1-8,13H,9-12H2. The first-order valence-corrected chi connectivity index (χ1v) is 10.4. The SMILES string of the molecule is O=C(c1cc2ccccc2oc1=O)N1CCN(S(=O)(=O)c2ccccc2F)CC1. The molecule has 1 aliphatic heterocycles. The first-order chi connectivity index (χ1) is 13.9. The van der Waals surface area contributed by atoms with Crippen molar-refractivity contribution >= 4 is 26.9 Å². The highest BCUT2D eigenvalue weighted by Crippen LogP contribution is 2.21. The number of benzene rings is 2. The van der Waals surface area contributed by atoms with Crippen LogP contribution in [0.15, 0.2) is 68.7 Å². The van der Waals surface area contributed by atoms with Gasteiger partial charge in [-0.05, 0) is 24.3 Å². The molecule has 0 spiro atoms. The van der Waals surface area contributed by atoms with Crippen molar-refractivity contribution in [2.24, 2.45) is 0 Å². The fourth-order valence-corrected chi connectivity index (χ4v) is 4.79. The van der Waals surface area contributed by atoms with Crippen molar-refractivity contribution in [3.63, 3.8) is 0 Å². The molecule has 2 aromatic carbocycles. The van der Waals surface area contributed by atoms with E-state index in [0.717, 1.165) is 10.4 Å². The largest absolute Gasteiger partial charge is 0.422 e. The molecule has 1 aliphatic rings. The minimum atomic E-state index is -4.00. The van der Waals surface area contributed by atoms with Gasteiger partial charge in [0, 0.05) is 31.6 Å². The lowest BCUT2D eigenvalue weighted by Gasteiger charge is -2.33. The fraction of sp³-hybridized carbons (Fsp3) is 0.200. The summed E-state index contributed by atoms with van der Waals surface area (Å²) in [5.74, 6) is -1.34. The highest BCUT2D eigenvalue weighted by Gasteiger charge is 2.32. The summed E-state index contributed by atoms with van der Waals surface area (Å²) < 4.78 is 45.6. The molecule has 150 valence electrons. The fourth-order valence-electron chi connectivity index (χ4n) is 3.31. The van der Waals surface area contributed by atoms with E-state index in [1.807, 2.05) is 0 Å². The molecule has 4 rings (SSSR count). The maximum atomic E-state index is 13.9. The van der Waals surface area contributed by atoms with Crippen molar-refractivity contribution in [3.05, 3.63) is 76.4 Å². The highest BCUT2D eigenvalue weighted by atomic mass is 32.2. The molecule has 29 heavy (non-hydrogen) atoms. The molecule has 0 radical (unpaired) electrons. The number of carbonyl (C=O) groups excluding carboxylic acids is 1. The van der Waals surface area contributed by atoms with Crippen LogP contribution in [0.4, 0.5) is 4.39 Å². The highest BCUT2D eigenvalue weighted by molar-refractivity contribution is 7.89. The summed E-state index contributed by atoms with van der Waals surface area (Å²) in [4.78, 5) is 26.0. The van der Waals surface area contributed by atoms with Gasteiger partial charge in [0.25, 0.3) is 5.91 Å². The quantitative estimate of drug-likeness (QED) is 0.610. The Morgan fingerprint density at radius 2 is 1.62 bits per heavy atom. The third kappa shape index (κ3) is 3.54. The number of piperazine rings is 1. The Hall–Kier alpha value is -3.04. The van der Waals surface area contributed by atoms with Gasteiger partial charge in [-0.3, -0.25) is 4.79 Å². The van der Waals surface area contributed by atoms with Gasteiger partial charge in [0.1, 0.15) is 21.9 Å². The molecule has 2 heterocycles. The molecule has 0 aliphatic carbocycles. The summed E-state index contributed by atoms with van der Waals surface area (Å²) in [5, 5.41) is 0.621. The van der Waals surface area contributed by atoms with Gasteiger partial charge in [-0.1, -0.05) is 30.3 Å². The maximum absolute atomic E-state index is 13.9. The van der Waals surface area contributed by atoms with E-state index >= 15 is 0 Å². The molecule has 1 fully saturated rings. The van der Waals surface area contributed by atoms with E-state index in [-0.39, 0.29) is 31.7 Å². The van der Waals surface area contributed by atoms with Crippen LogP contribution in [-0.2, 0) is 10.0 Å². The number of hydrogen-bond acceptors (Lipinski definition) is 5. The van der Waals surface area contributed by atoms with Gasteiger partial charge in [-0.2, -0.15) is 4.31 Å². The van der Waals surface area contributed by atoms with Gasteiger partial charge in [0.05, 0.1) is 0 Å². The normalized spacial score (nSPS) is 15.6. The number of rotatable bonds is 3. The molecule has 1 amide bonds. The lowest BCUT2D eigenvalue weighted by Crippen LogP contribution is -2.51. The van der Waals surface area contributed by atoms with Gasteiger partial charge in [0.2, 0.25) is 10.0 Å². The summed E-state index contributed by atoms with van der Waals surface area (Å²) in [6, 6.07) is 13.5. The molecule has 0 atom stereocenters. The van der Waals surface area contributed by atoms with Crippen LogP contribution in [0.5, 0.6) is 0 Å². The average Bonchev–Trinajstić information content (AvgIpc) is 2.73. The molecule has 0 N–H and O–H groups in total. The van der Waals surface area contributed by atoms with Crippen LogP contribution in [0.25, 0.3) is 11.0 Å². The van der Waals surface area contributed by atoms with Crippen molar-refractivity contribution in [1.29, 1.82) is 0 Å². The molecule has 0 bridgehead atoms. The number of nitrogens with zero attached hydrogens (tertiary/aromatic N) is 2. The van der Waals surface area contributed by atoms with Crippen molar-refractivity contribution in [3.8, 4) is 0 Å². The van der Waals surface area contributed by atoms with E-state index in [2.05, 4.69) is 0 Å². The number of hydrogen-bond donors (Lipinski definition) is 0. The summed E-state index contributed by atoms with van der Waals surface area (Å²) >= 11 is 0. The lowest BCUT2D eigenvalue weighted by molar-refractivity contribution is 0.0693. The predicted octanol–water partition coefficient (Wildman–Crippen LogP) is 2.08. The maximum Gasteiger partial charge on any atom is 0.349 e. The van der Waals surface area contributed by atoms with E-state index in [1.165, 1.54) is 29.2 Å². The van der Waals surface area contributed by atoms with E-state index in [9.17, 15) is 22.4 Å². The number of sulfonamides is 1. The second-order valence-corrected chi connectivity index (χ2v) is 8.52. The van der Waals surface area contributed by atoms with E-state index in [1.54, 1.807) is 24.3 Å². The zero-order valence-electron chi connectivity index (χ0n) is 15.2. The summed E-state index contributed by atoms with van der Waals surface area (Å²) in [6.07, 6.45) is 0. The molecule has 3 aromatic rings. The van der Waals surface area contributed by atoms with Gasteiger partial charge in [-0.25, -0.2) is 17.6 Å². The van der Waals surface area contributed by atoms with Gasteiger partial charge >= 0.3 is 5.63 Å². The monoisotopic (exact) mass is 416 g/mol. The Balaban J connectivity index is 1.53. The first kappa shape index (κ1) is 19.3. The Kier molecular flexibility index (Phi) is 4.93. The zero-order chi connectivity index (χ0) is 20.6. The summed E-state index contributed by atoms with van der Waals surface area (Å²) in [7, 11) is -4.00. The van der Waals surface area contributed by atoms with Crippen LogP contribution in [-0.4, -0.2) is 49.7 Å². The number of fused-ring (bicyclic) bond motifs is 1. The number of halogens is 1. The number of carbonyl (C=O) groups is 1. The average molecular weight is 416 g/mol. The first-order valence-electron chi connectivity index (χ1n) is 8.95. The Morgan fingerprint density at radius 3 is 2.34 bits per heavy atom. The molecular weight excluding hydrogens is 399 g/mol. The van der Waals surface area contributed by atoms with Crippen LogP contribution < -0.4 is 5.63 Å². The molecule has 7 nitrogen and oxygen atoms in total. The van der Waals surface area contributed by atoms with E-state index in [4.69, 9.17) is 4.42 Å². The predicted molar refractivity (Wildman–Crippen MR) is 104 cm³/mol. The zero-order valence-corrected chi connectivity index (χ0v) is 16.1. The van der Waals surface area contributed by atoms with Crippen LogP contribution in [0.3, 0.4) is 0 Å². The molecule has 1 aromatic heterocycles. The summed E-state index contributed by atoms with van der Waals surface area (Å²) in [5.41, 5.74) is -0.459. The van der Waals surface area contributed by atoms with Gasteiger partial charge < -0.3 is 9.32 Å². The molecule has 0 unspecified atom stereocenters. The lowest BCUT2D eigenvalue weighted by atomic mass is 10.1. The minimum Gasteiger partial charge on any atom is -0.422 e. The third-order valence-corrected chi connectivity index (χ3v) is 6.78. The smallest absolute Gasteiger partial charge is 0.349 e. The van der Waals surface area contributed by atoms with Crippen LogP contribution >= 0.6 is 0 Å². The second-order valence-electron chi connectivity index (χ2n) is 6.61. The summed E-state index contributed by atoms with van der Waals surface area (Å²) in [6.45, 7) is 0.167. The van der Waals surface area contributed by atoms with Crippen LogP contribution in [0.2, 0.25) is 0 Å². The second kappa shape index (κ2) is 7.41. The Bertz CT molecular complexity index is 1250. The van der Waals surface area contributed by atoms with Gasteiger partial charge in [0.15, 0.2) is 0 Å². The molecule has 9 heteroatoms. The Morgan fingerprint density at radius 1 is 0.966 bits per heavy atom.